The van der Waals surface area contributed by atoms with E-state index < -0.39 is 0 Å². The number of aromatic amines is 2. The molecule has 0 amide bonds. The Morgan fingerprint density at radius 2 is 1.74 bits per heavy atom. The van der Waals surface area contributed by atoms with E-state index in [-0.39, 0.29) is 5.56 Å². The number of H-pyrrole nitrogens is 2. The van der Waals surface area contributed by atoms with Crippen LogP contribution in [0.25, 0.3) is 33.3 Å². The number of aryl methyl sites for hydroxylation is 2. The standard InChI is InChI=1S/C28H27N5O/c1-18-23(19(2)33-32-18)12-14-29-17-20-8-10-22(11-9-20)27-24(21-6-4-3-5-7-21)16-25-26(31-27)13-15-30-28(25)34/h3-11,13,15-16,29H,12,14,17H2,1-2H3,(H,30,34)(H,32,33). The summed E-state index contributed by atoms with van der Waals surface area (Å²) in [6.45, 7) is 5.79. The first kappa shape index (κ1) is 21.8. The zero-order valence-electron chi connectivity index (χ0n) is 19.4. The number of rotatable bonds is 7. The lowest BCUT2D eigenvalue weighted by Crippen LogP contribution is -2.17. The van der Waals surface area contributed by atoms with Crippen LogP contribution in [0.15, 0.2) is 77.7 Å². The van der Waals surface area contributed by atoms with Crippen molar-refractivity contribution in [3.63, 3.8) is 0 Å². The highest BCUT2D eigenvalue weighted by atomic mass is 16.1. The molecule has 0 saturated carbocycles. The first-order valence-electron chi connectivity index (χ1n) is 11.5. The van der Waals surface area contributed by atoms with E-state index in [9.17, 15) is 4.79 Å². The van der Waals surface area contributed by atoms with E-state index in [4.69, 9.17) is 4.98 Å². The van der Waals surface area contributed by atoms with Crippen LogP contribution in [0.1, 0.15) is 22.5 Å². The minimum absolute atomic E-state index is 0.129. The van der Waals surface area contributed by atoms with E-state index in [0.717, 1.165) is 53.3 Å². The summed E-state index contributed by atoms with van der Waals surface area (Å²) in [4.78, 5) is 20.0. The first-order valence-corrected chi connectivity index (χ1v) is 11.5. The molecule has 5 aromatic rings. The summed E-state index contributed by atoms with van der Waals surface area (Å²) >= 11 is 0. The summed E-state index contributed by atoms with van der Waals surface area (Å²) in [5, 5.41) is 11.4. The number of nitrogens with one attached hydrogen (secondary N) is 3. The largest absolute Gasteiger partial charge is 0.328 e. The number of pyridine rings is 2. The molecule has 3 N–H and O–H groups in total. The molecule has 0 atom stereocenters. The summed E-state index contributed by atoms with van der Waals surface area (Å²) in [6.07, 6.45) is 2.59. The van der Waals surface area contributed by atoms with Gasteiger partial charge in [-0.05, 0) is 55.6 Å². The van der Waals surface area contributed by atoms with Gasteiger partial charge in [-0.2, -0.15) is 5.10 Å². The van der Waals surface area contributed by atoms with Gasteiger partial charge in [-0.25, -0.2) is 4.98 Å². The van der Waals surface area contributed by atoms with E-state index >= 15 is 0 Å². The fourth-order valence-corrected chi connectivity index (χ4v) is 4.34. The number of aromatic nitrogens is 4. The molecule has 0 fully saturated rings. The predicted molar refractivity (Wildman–Crippen MR) is 137 cm³/mol. The average Bonchev–Trinajstić information content (AvgIpc) is 3.19. The highest BCUT2D eigenvalue weighted by Crippen LogP contribution is 2.32. The number of hydrogen-bond acceptors (Lipinski definition) is 4. The molecule has 3 heterocycles. The van der Waals surface area contributed by atoms with Crippen LogP contribution in [-0.2, 0) is 13.0 Å². The van der Waals surface area contributed by atoms with Gasteiger partial charge in [0.1, 0.15) is 0 Å². The molecule has 0 radical (unpaired) electrons. The molecule has 3 aromatic heterocycles. The molecule has 0 bridgehead atoms. The van der Waals surface area contributed by atoms with Crippen molar-refractivity contribution in [2.75, 3.05) is 6.54 Å². The lowest BCUT2D eigenvalue weighted by molar-refractivity contribution is 0.684. The lowest BCUT2D eigenvalue weighted by atomic mass is 9.97. The SMILES string of the molecule is Cc1n[nH]c(C)c1CCNCc1ccc(-c2nc3cc[nH]c(=O)c3cc2-c2ccccc2)cc1. The maximum Gasteiger partial charge on any atom is 0.257 e. The quantitative estimate of drug-likeness (QED) is 0.308. The van der Waals surface area contributed by atoms with E-state index in [0.29, 0.717) is 10.9 Å². The predicted octanol–water partition coefficient (Wildman–Crippen LogP) is 4.93. The molecule has 2 aromatic carbocycles. The van der Waals surface area contributed by atoms with Crippen LogP contribution in [0.2, 0.25) is 0 Å². The number of nitrogens with zero attached hydrogens (tertiary/aromatic N) is 2. The van der Waals surface area contributed by atoms with Crippen molar-refractivity contribution in [3.8, 4) is 22.4 Å². The van der Waals surface area contributed by atoms with E-state index in [1.54, 1.807) is 6.20 Å². The minimum atomic E-state index is -0.129. The average molecular weight is 450 g/mol. The van der Waals surface area contributed by atoms with Gasteiger partial charge in [0, 0.05) is 29.6 Å². The van der Waals surface area contributed by atoms with Crippen LogP contribution in [0.3, 0.4) is 0 Å². The normalized spacial score (nSPS) is 11.2. The second kappa shape index (κ2) is 9.45. The van der Waals surface area contributed by atoms with Crippen LogP contribution in [0, 0.1) is 13.8 Å². The Morgan fingerprint density at radius 1 is 0.941 bits per heavy atom. The van der Waals surface area contributed by atoms with Gasteiger partial charge in [0.15, 0.2) is 0 Å². The smallest absolute Gasteiger partial charge is 0.257 e. The highest BCUT2D eigenvalue weighted by Gasteiger charge is 2.13. The summed E-state index contributed by atoms with van der Waals surface area (Å²) in [5.41, 5.74) is 9.15. The third-order valence-corrected chi connectivity index (χ3v) is 6.23. The Balaban J connectivity index is 1.39. The van der Waals surface area contributed by atoms with E-state index in [1.807, 2.05) is 49.4 Å². The first-order chi connectivity index (χ1) is 16.6. The molecule has 34 heavy (non-hydrogen) atoms. The topological polar surface area (TPSA) is 86.5 Å². The molecule has 6 nitrogen and oxygen atoms in total. The highest BCUT2D eigenvalue weighted by molar-refractivity contribution is 5.91. The Bertz CT molecular complexity index is 1460. The van der Waals surface area contributed by atoms with Gasteiger partial charge in [0.05, 0.1) is 22.3 Å². The molecule has 0 spiro atoms. The Morgan fingerprint density at radius 3 is 2.47 bits per heavy atom. The molecule has 6 heteroatoms. The van der Waals surface area contributed by atoms with Gasteiger partial charge < -0.3 is 10.3 Å². The van der Waals surface area contributed by atoms with Gasteiger partial charge in [-0.1, -0.05) is 54.6 Å². The number of benzene rings is 2. The van der Waals surface area contributed by atoms with Gasteiger partial charge in [-0.3, -0.25) is 9.89 Å². The van der Waals surface area contributed by atoms with E-state index in [1.165, 1.54) is 11.1 Å². The zero-order valence-corrected chi connectivity index (χ0v) is 19.4. The molecule has 170 valence electrons. The Labute approximate surface area is 198 Å². The van der Waals surface area contributed by atoms with Crippen molar-refractivity contribution in [1.82, 2.24) is 25.5 Å². The third-order valence-electron chi connectivity index (χ3n) is 6.23. The zero-order chi connectivity index (χ0) is 23.5. The maximum absolute atomic E-state index is 12.4. The van der Waals surface area contributed by atoms with Crippen LogP contribution >= 0.6 is 0 Å². The van der Waals surface area contributed by atoms with Crippen LogP contribution in [0.5, 0.6) is 0 Å². The van der Waals surface area contributed by atoms with Crippen molar-refractivity contribution in [1.29, 1.82) is 0 Å². The van der Waals surface area contributed by atoms with Crippen molar-refractivity contribution in [2.24, 2.45) is 0 Å². The molecule has 0 aliphatic heterocycles. The molecule has 0 unspecified atom stereocenters. The summed E-state index contributed by atoms with van der Waals surface area (Å²) in [7, 11) is 0. The summed E-state index contributed by atoms with van der Waals surface area (Å²) in [6, 6.07) is 22.4. The van der Waals surface area contributed by atoms with Crippen LogP contribution in [-0.4, -0.2) is 26.7 Å². The maximum atomic E-state index is 12.4. The fourth-order valence-electron chi connectivity index (χ4n) is 4.34. The molecule has 0 aliphatic carbocycles. The van der Waals surface area contributed by atoms with Crippen LogP contribution in [0.4, 0.5) is 0 Å². The molecular formula is C28H27N5O. The minimum Gasteiger partial charge on any atom is -0.328 e. The van der Waals surface area contributed by atoms with Crippen molar-refractivity contribution in [3.05, 3.63) is 106 Å². The second-order valence-electron chi connectivity index (χ2n) is 8.53. The van der Waals surface area contributed by atoms with Crippen molar-refractivity contribution >= 4 is 10.9 Å². The van der Waals surface area contributed by atoms with Crippen LogP contribution < -0.4 is 10.9 Å². The van der Waals surface area contributed by atoms with Gasteiger partial charge in [-0.15, -0.1) is 0 Å². The Hall–Kier alpha value is -4.03. The molecule has 0 aliphatic rings. The second-order valence-corrected chi connectivity index (χ2v) is 8.53. The van der Waals surface area contributed by atoms with Gasteiger partial charge in [0.2, 0.25) is 0 Å². The Kier molecular flexibility index (Phi) is 6.06. The van der Waals surface area contributed by atoms with E-state index in [2.05, 4.69) is 51.7 Å². The fraction of sp³-hybridized carbons (Fsp3) is 0.179. The van der Waals surface area contributed by atoms with Gasteiger partial charge >= 0.3 is 0 Å². The number of fused-ring (bicyclic) bond motifs is 1. The molecule has 0 saturated heterocycles. The molecule has 5 rings (SSSR count). The third kappa shape index (κ3) is 4.40. The van der Waals surface area contributed by atoms with Gasteiger partial charge in [0.25, 0.3) is 5.56 Å². The number of hydrogen-bond donors (Lipinski definition) is 3. The lowest BCUT2D eigenvalue weighted by Gasteiger charge is -2.12. The monoisotopic (exact) mass is 449 g/mol. The summed E-state index contributed by atoms with van der Waals surface area (Å²) < 4.78 is 0. The van der Waals surface area contributed by atoms with Crippen molar-refractivity contribution in [2.45, 2.75) is 26.8 Å². The summed E-state index contributed by atoms with van der Waals surface area (Å²) in [5.74, 6) is 0. The molecular weight excluding hydrogens is 422 g/mol. The van der Waals surface area contributed by atoms with Crippen molar-refractivity contribution < 1.29 is 0 Å².